The van der Waals surface area contributed by atoms with Crippen LogP contribution in [0.5, 0.6) is 11.5 Å². The van der Waals surface area contributed by atoms with Crippen molar-refractivity contribution in [3.05, 3.63) is 114 Å². The Labute approximate surface area is 249 Å². The van der Waals surface area contributed by atoms with Gasteiger partial charge in [-0.1, -0.05) is 85.0 Å². The second-order valence-corrected chi connectivity index (χ2v) is 10.1. The van der Waals surface area contributed by atoms with Gasteiger partial charge in [-0.2, -0.15) is 0 Å². The van der Waals surface area contributed by atoms with Crippen molar-refractivity contribution in [2.75, 3.05) is 46.7 Å². The van der Waals surface area contributed by atoms with Gasteiger partial charge in [0.1, 0.15) is 6.10 Å². The third kappa shape index (κ3) is 9.87. The number of ether oxygens (including phenoxy) is 4. The van der Waals surface area contributed by atoms with Crippen molar-refractivity contribution in [3.63, 3.8) is 0 Å². The van der Waals surface area contributed by atoms with E-state index in [1.807, 2.05) is 49.4 Å². The largest absolute Gasteiger partial charge is 0.493 e. The highest BCUT2D eigenvalue weighted by molar-refractivity contribution is 5.87. The summed E-state index contributed by atoms with van der Waals surface area (Å²) in [7, 11) is 1.60. The van der Waals surface area contributed by atoms with E-state index in [-0.39, 0.29) is 24.9 Å². The average Bonchev–Trinajstić information content (AvgIpc) is 3.04. The van der Waals surface area contributed by atoms with E-state index in [1.165, 1.54) is 11.1 Å². The minimum absolute atomic E-state index is 0.0647. The molecule has 0 atom stereocenters. The number of methoxy groups -OCH3 is 1. The van der Waals surface area contributed by atoms with Crippen molar-refractivity contribution in [3.8, 4) is 11.5 Å². The topological polar surface area (TPSA) is 69.3 Å². The highest BCUT2D eigenvalue weighted by atomic mass is 16.7. The first-order chi connectivity index (χ1) is 20.7. The Morgan fingerprint density at radius 3 is 2.29 bits per heavy atom. The maximum atomic E-state index is 12.3. The van der Waals surface area contributed by atoms with Gasteiger partial charge in [-0.15, -0.1) is 0 Å². The quantitative estimate of drug-likeness (QED) is 0.104. The maximum absolute atomic E-state index is 12.3. The molecule has 1 saturated heterocycles. The van der Waals surface area contributed by atoms with Gasteiger partial charge in [0.15, 0.2) is 18.3 Å². The number of carbonyl (C=O) groups is 1. The summed E-state index contributed by atoms with van der Waals surface area (Å²) in [6, 6.07) is 26.5. The normalized spacial score (nSPS) is 14.5. The summed E-state index contributed by atoms with van der Waals surface area (Å²) in [5, 5.41) is 2.98. The number of benzene rings is 3. The second-order valence-electron chi connectivity index (χ2n) is 10.1. The van der Waals surface area contributed by atoms with Crippen LogP contribution in [-0.2, 0) is 14.3 Å². The van der Waals surface area contributed by atoms with E-state index in [0.717, 1.165) is 38.0 Å². The molecule has 1 aliphatic rings. The zero-order chi connectivity index (χ0) is 29.4. The van der Waals surface area contributed by atoms with Gasteiger partial charge in [0.2, 0.25) is 5.91 Å². The Balaban J connectivity index is 1.16. The fourth-order valence-corrected chi connectivity index (χ4v) is 4.87. The lowest BCUT2D eigenvalue weighted by Gasteiger charge is -2.34. The van der Waals surface area contributed by atoms with Crippen molar-refractivity contribution in [1.29, 1.82) is 0 Å². The number of nitrogens with one attached hydrogen (secondary N) is 1. The Kier molecular flexibility index (Phi) is 12.7. The summed E-state index contributed by atoms with van der Waals surface area (Å²) >= 11 is 0. The summed E-state index contributed by atoms with van der Waals surface area (Å²) in [6.45, 7) is 6.01. The average molecular weight is 571 g/mol. The van der Waals surface area contributed by atoms with Gasteiger partial charge in [0, 0.05) is 38.9 Å². The standard InChI is InChI=1S/C35H42N2O5/c1-3-40-27-41-32-19-18-28(26-33(32)39-2)12-10-11-17-34(38)36-22-25-37-23-20-31(21-24-37)42-35(29-13-6-4-7-14-29)30-15-8-5-9-16-30/h4-19,26,31,35H,3,20-25,27H2,1-2H3,(H,36,38). The fraction of sp³-hybridized carbons (Fsp3) is 0.343. The van der Waals surface area contributed by atoms with Gasteiger partial charge in [-0.05, 0) is 48.6 Å². The summed E-state index contributed by atoms with van der Waals surface area (Å²) in [4.78, 5) is 14.7. The smallest absolute Gasteiger partial charge is 0.244 e. The number of hydrogen-bond donors (Lipinski definition) is 1. The lowest BCUT2D eigenvalue weighted by atomic mass is 10.00. The predicted molar refractivity (Wildman–Crippen MR) is 167 cm³/mol. The van der Waals surface area contributed by atoms with E-state index in [9.17, 15) is 4.79 Å². The summed E-state index contributed by atoms with van der Waals surface area (Å²) in [5.41, 5.74) is 3.29. The minimum atomic E-state index is -0.108. The number of piperidine rings is 1. The first-order valence-electron chi connectivity index (χ1n) is 14.6. The van der Waals surface area contributed by atoms with Crippen LogP contribution in [0.25, 0.3) is 6.08 Å². The Bertz CT molecular complexity index is 1230. The molecular formula is C35H42N2O5. The van der Waals surface area contributed by atoms with Gasteiger partial charge in [0.25, 0.3) is 0 Å². The predicted octanol–water partition coefficient (Wildman–Crippen LogP) is 6.02. The van der Waals surface area contributed by atoms with E-state index in [0.29, 0.717) is 24.7 Å². The van der Waals surface area contributed by atoms with Crippen molar-refractivity contribution < 1.29 is 23.7 Å². The summed E-state index contributed by atoms with van der Waals surface area (Å²) in [6.07, 6.45) is 9.10. The van der Waals surface area contributed by atoms with Crippen molar-refractivity contribution in [1.82, 2.24) is 10.2 Å². The molecule has 42 heavy (non-hydrogen) atoms. The zero-order valence-corrected chi connectivity index (χ0v) is 24.6. The van der Waals surface area contributed by atoms with Crippen LogP contribution in [0.4, 0.5) is 0 Å². The van der Waals surface area contributed by atoms with Gasteiger partial charge >= 0.3 is 0 Å². The second kappa shape index (κ2) is 17.1. The molecule has 0 aromatic heterocycles. The first kappa shape index (κ1) is 31.0. The molecule has 3 aromatic carbocycles. The molecule has 222 valence electrons. The SMILES string of the molecule is CCOCOc1ccc(C=CC=CC(=O)NCCN2CCC(OC(c3ccccc3)c3ccccc3)CC2)cc1OC. The highest BCUT2D eigenvalue weighted by Crippen LogP contribution is 2.30. The van der Waals surface area contributed by atoms with Crippen LogP contribution in [0.1, 0.15) is 42.6 Å². The number of hydrogen-bond acceptors (Lipinski definition) is 6. The third-order valence-corrected chi connectivity index (χ3v) is 7.13. The molecular weight excluding hydrogens is 528 g/mol. The van der Waals surface area contributed by atoms with Crippen LogP contribution in [0.15, 0.2) is 97.1 Å². The molecule has 0 spiro atoms. The zero-order valence-electron chi connectivity index (χ0n) is 24.6. The molecule has 0 radical (unpaired) electrons. The number of nitrogens with zero attached hydrogens (tertiary/aromatic N) is 1. The van der Waals surface area contributed by atoms with E-state index in [4.69, 9.17) is 18.9 Å². The first-order valence-corrected chi connectivity index (χ1v) is 14.6. The highest BCUT2D eigenvalue weighted by Gasteiger charge is 2.24. The van der Waals surface area contributed by atoms with E-state index in [1.54, 1.807) is 19.3 Å². The molecule has 1 N–H and O–H groups in total. The molecule has 0 unspecified atom stereocenters. The van der Waals surface area contributed by atoms with Crippen molar-refractivity contribution in [2.24, 2.45) is 0 Å². The van der Waals surface area contributed by atoms with Gasteiger partial charge in [-0.3, -0.25) is 4.79 Å². The molecule has 1 heterocycles. The maximum Gasteiger partial charge on any atom is 0.244 e. The van der Waals surface area contributed by atoms with Crippen LogP contribution in [0.2, 0.25) is 0 Å². The van der Waals surface area contributed by atoms with E-state index < -0.39 is 0 Å². The lowest BCUT2D eigenvalue weighted by Crippen LogP contribution is -2.41. The Morgan fingerprint density at radius 1 is 0.952 bits per heavy atom. The number of rotatable bonds is 15. The number of allylic oxidation sites excluding steroid dienone is 2. The number of amides is 1. The number of carbonyl (C=O) groups excluding carboxylic acids is 1. The third-order valence-electron chi connectivity index (χ3n) is 7.13. The molecule has 1 fully saturated rings. The molecule has 0 aliphatic carbocycles. The molecule has 1 aliphatic heterocycles. The van der Waals surface area contributed by atoms with Gasteiger partial charge in [0.05, 0.1) is 13.2 Å². The van der Waals surface area contributed by atoms with Crippen molar-refractivity contribution in [2.45, 2.75) is 32.0 Å². The molecule has 4 rings (SSSR count). The Hall–Kier alpha value is -3.91. The van der Waals surface area contributed by atoms with Crippen molar-refractivity contribution >= 4 is 12.0 Å². The molecule has 0 bridgehead atoms. The summed E-state index contributed by atoms with van der Waals surface area (Å²) < 4.78 is 22.9. The monoisotopic (exact) mass is 570 g/mol. The van der Waals surface area contributed by atoms with Gasteiger partial charge in [-0.25, -0.2) is 0 Å². The summed E-state index contributed by atoms with van der Waals surface area (Å²) in [5.74, 6) is 1.14. The van der Waals surface area contributed by atoms with Crippen LogP contribution in [-0.4, -0.2) is 63.6 Å². The van der Waals surface area contributed by atoms with Crippen LogP contribution >= 0.6 is 0 Å². The molecule has 1 amide bonds. The minimum Gasteiger partial charge on any atom is -0.493 e. The fourth-order valence-electron chi connectivity index (χ4n) is 4.87. The molecule has 3 aromatic rings. The Morgan fingerprint density at radius 2 is 1.64 bits per heavy atom. The van der Waals surface area contributed by atoms with Crippen LogP contribution < -0.4 is 14.8 Å². The van der Waals surface area contributed by atoms with E-state index >= 15 is 0 Å². The molecule has 7 heteroatoms. The molecule has 7 nitrogen and oxygen atoms in total. The van der Waals surface area contributed by atoms with Gasteiger partial charge < -0.3 is 29.2 Å². The lowest BCUT2D eigenvalue weighted by molar-refractivity contribution is -0.116. The van der Waals surface area contributed by atoms with Crippen LogP contribution in [0, 0.1) is 0 Å². The van der Waals surface area contributed by atoms with Crippen LogP contribution in [0.3, 0.4) is 0 Å². The number of likely N-dealkylation sites (tertiary alicyclic amines) is 1. The van der Waals surface area contributed by atoms with E-state index in [2.05, 4.69) is 58.7 Å². The molecule has 0 saturated carbocycles.